The fourth-order valence-corrected chi connectivity index (χ4v) is 7.78. The van der Waals surface area contributed by atoms with E-state index in [1.807, 2.05) is 12.4 Å². The van der Waals surface area contributed by atoms with Gasteiger partial charge in [0.05, 0.1) is 22.1 Å². The Morgan fingerprint density at radius 2 is 0.593 bits per heavy atom. The van der Waals surface area contributed by atoms with E-state index in [2.05, 4.69) is 189 Å². The van der Waals surface area contributed by atoms with Gasteiger partial charge in [0.1, 0.15) is 11.6 Å². The van der Waals surface area contributed by atoms with Crippen LogP contribution in [0.5, 0.6) is 0 Å². The van der Waals surface area contributed by atoms with Crippen LogP contribution < -0.4 is 0 Å². The van der Waals surface area contributed by atoms with E-state index in [9.17, 15) is 0 Å². The number of pyridine rings is 2. The van der Waals surface area contributed by atoms with E-state index in [1.165, 1.54) is 65.9 Å². The molecule has 0 aliphatic carbocycles. The standard InChI is InChI=1S/C50H54N4/c1-47(2,3)33-15-19-41-37(25-33)38-26-34(48(4,5)6)16-20-42(38)53(41)45-23-13-31(29-51-45)32-14-24-46(52-30-32)54-43-21-17-35(49(7,8)9)27-39(43)40-28-36(50(10,11)12)18-22-44(40)54/h13-30H,1-12H3. The first-order valence-corrected chi connectivity index (χ1v) is 19.4. The van der Waals surface area contributed by atoms with E-state index in [4.69, 9.17) is 9.97 Å². The summed E-state index contributed by atoms with van der Waals surface area (Å²) in [6.45, 7) is 27.4. The fourth-order valence-electron chi connectivity index (χ4n) is 7.78. The van der Waals surface area contributed by atoms with E-state index in [0.717, 1.165) is 22.8 Å². The summed E-state index contributed by atoms with van der Waals surface area (Å²) in [7, 11) is 0. The molecule has 0 aliphatic rings. The molecule has 8 rings (SSSR count). The monoisotopic (exact) mass is 710 g/mol. The molecule has 4 aromatic carbocycles. The number of hydrogen-bond acceptors (Lipinski definition) is 2. The van der Waals surface area contributed by atoms with Gasteiger partial charge in [0.2, 0.25) is 0 Å². The van der Waals surface area contributed by atoms with Crippen LogP contribution in [0.1, 0.15) is 105 Å². The first-order valence-electron chi connectivity index (χ1n) is 19.4. The quantitative estimate of drug-likeness (QED) is 0.183. The smallest absolute Gasteiger partial charge is 0.137 e. The minimum absolute atomic E-state index is 0.0564. The van der Waals surface area contributed by atoms with Crippen LogP contribution in [0.15, 0.2) is 109 Å². The summed E-state index contributed by atoms with van der Waals surface area (Å²) < 4.78 is 4.63. The summed E-state index contributed by atoms with van der Waals surface area (Å²) in [5.74, 6) is 1.81. The Hall–Kier alpha value is -5.22. The Kier molecular flexibility index (Phi) is 8.05. The molecular weight excluding hydrogens is 657 g/mol. The zero-order valence-electron chi connectivity index (χ0n) is 34.2. The average molecular weight is 711 g/mol. The molecule has 0 atom stereocenters. The van der Waals surface area contributed by atoms with Crippen LogP contribution in [0.4, 0.5) is 0 Å². The Bertz CT molecular complexity index is 2380. The largest absolute Gasteiger partial charge is 0.294 e. The molecule has 0 aliphatic heterocycles. The predicted octanol–water partition coefficient (Wildman–Crippen LogP) is 13.5. The van der Waals surface area contributed by atoms with Gasteiger partial charge in [-0.3, -0.25) is 9.13 Å². The van der Waals surface area contributed by atoms with Gasteiger partial charge in [0, 0.05) is 45.1 Å². The lowest BCUT2D eigenvalue weighted by Gasteiger charge is -2.19. The molecule has 0 unspecified atom stereocenters. The maximum atomic E-state index is 5.08. The van der Waals surface area contributed by atoms with Gasteiger partial charge < -0.3 is 0 Å². The van der Waals surface area contributed by atoms with Crippen LogP contribution in [-0.4, -0.2) is 19.1 Å². The van der Waals surface area contributed by atoms with E-state index in [0.29, 0.717) is 0 Å². The summed E-state index contributed by atoms with van der Waals surface area (Å²) >= 11 is 0. The van der Waals surface area contributed by atoms with Crippen molar-refractivity contribution in [2.75, 3.05) is 0 Å². The highest BCUT2D eigenvalue weighted by molar-refractivity contribution is 6.10. The molecule has 4 heterocycles. The molecule has 0 saturated heterocycles. The maximum absolute atomic E-state index is 5.08. The molecule has 0 fully saturated rings. The second-order valence-electron chi connectivity index (χ2n) is 19.4. The number of hydrogen-bond donors (Lipinski definition) is 0. The highest BCUT2D eigenvalue weighted by Crippen LogP contribution is 2.39. The van der Waals surface area contributed by atoms with Gasteiger partial charge in [-0.1, -0.05) is 107 Å². The summed E-state index contributed by atoms with van der Waals surface area (Å²) in [6, 6.07) is 36.3. The molecule has 0 spiro atoms. The zero-order valence-corrected chi connectivity index (χ0v) is 34.2. The second-order valence-corrected chi connectivity index (χ2v) is 19.4. The lowest BCUT2D eigenvalue weighted by Crippen LogP contribution is -2.10. The molecule has 0 bridgehead atoms. The van der Waals surface area contributed by atoms with E-state index >= 15 is 0 Å². The van der Waals surface area contributed by atoms with Crippen LogP contribution in [0.3, 0.4) is 0 Å². The molecule has 8 aromatic rings. The van der Waals surface area contributed by atoms with Crippen molar-refractivity contribution >= 4 is 43.6 Å². The van der Waals surface area contributed by atoms with Crippen molar-refractivity contribution in [2.24, 2.45) is 0 Å². The normalized spacial score (nSPS) is 13.2. The van der Waals surface area contributed by atoms with Gasteiger partial charge in [-0.25, -0.2) is 9.97 Å². The summed E-state index contributed by atoms with van der Waals surface area (Å²) in [5, 5.41) is 5.07. The first kappa shape index (κ1) is 35.8. The average Bonchev–Trinajstić information content (AvgIpc) is 3.62. The highest BCUT2D eigenvalue weighted by Gasteiger charge is 2.23. The third kappa shape index (κ3) is 6.10. The molecule has 54 heavy (non-hydrogen) atoms. The van der Waals surface area contributed by atoms with Gasteiger partial charge in [-0.2, -0.15) is 0 Å². The van der Waals surface area contributed by atoms with Gasteiger partial charge in [-0.15, -0.1) is 0 Å². The van der Waals surface area contributed by atoms with Crippen LogP contribution >= 0.6 is 0 Å². The van der Waals surface area contributed by atoms with Gasteiger partial charge in [-0.05, 0) is 117 Å². The van der Waals surface area contributed by atoms with Crippen LogP contribution in [0, 0.1) is 0 Å². The molecule has 0 N–H and O–H groups in total. The fraction of sp³-hybridized carbons (Fsp3) is 0.320. The Morgan fingerprint density at radius 3 is 0.796 bits per heavy atom. The highest BCUT2D eigenvalue weighted by atomic mass is 15.1. The van der Waals surface area contributed by atoms with Crippen molar-refractivity contribution in [1.82, 2.24) is 19.1 Å². The molecular formula is C50H54N4. The Labute approximate surface area is 320 Å². The number of nitrogens with zero attached hydrogens (tertiary/aromatic N) is 4. The number of aromatic nitrogens is 4. The Morgan fingerprint density at radius 1 is 0.333 bits per heavy atom. The van der Waals surface area contributed by atoms with Crippen molar-refractivity contribution in [1.29, 1.82) is 0 Å². The summed E-state index contributed by atoms with van der Waals surface area (Å²) in [5.41, 5.74) is 12.3. The minimum atomic E-state index is 0.0564. The van der Waals surface area contributed by atoms with Gasteiger partial charge >= 0.3 is 0 Å². The lowest BCUT2D eigenvalue weighted by molar-refractivity contribution is 0.590. The van der Waals surface area contributed by atoms with Crippen LogP contribution in [-0.2, 0) is 21.7 Å². The Balaban J connectivity index is 1.20. The van der Waals surface area contributed by atoms with Crippen molar-refractivity contribution in [3.8, 4) is 22.8 Å². The van der Waals surface area contributed by atoms with E-state index < -0.39 is 0 Å². The minimum Gasteiger partial charge on any atom is -0.294 e. The zero-order chi connectivity index (χ0) is 38.5. The number of benzene rings is 4. The SMILES string of the molecule is CC(C)(C)c1ccc2c(c1)c1cc(C(C)(C)C)ccc1n2-c1ccc(-c2ccc(-n3c4ccc(C(C)(C)C)cc4c4cc(C(C)(C)C)ccc43)nc2)cn1. The maximum Gasteiger partial charge on any atom is 0.137 e. The lowest BCUT2D eigenvalue weighted by atomic mass is 9.85. The molecule has 0 amide bonds. The molecule has 0 radical (unpaired) electrons. The second kappa shape index (κ2) is 12.1. The van der Waals surface area contributed by atoms with Crippen molar-refractivity contribution in [2.45, 2.75) is 105 Å². The van der Waals surface area contributed by atoms with Gasteiger partial charge in [0.25, 0.3) is 0 Å². The summed E-state index contributed by atoms with van der Waals surface area (Å²) in [6.07, 6.45) is 3.97. The van der Waals surface area contributed by atoms with Crippen LogP contribution in [0.2, 0.25) is 0 Å². The van der Waals surface area contributed by atoms with E-state index in [-0.39, 0.29) is 21.7 Å². The van der Waals surface area contributed by atoms with Crippen molar-refractivity contribution < 1.29 is 0 Å². The molecule has 0 saturated carbocycles. The van der Waals surface area contributed by atoms with Crippen molar-refractivity contribution in [3.63, 3.8) is 0 Å². The molecule has 4 heteroatoms. The van der Waals surface area contributed by atoms with E-state index in [1.54, 1.807) is 0 Å². The molecule has 274 valence electrons. The molecule has 4 aromatic heterocycles. The van der Waals surface area contributed by atoms with Crippen LogP contribution in [0.25, 0.3) is 66.4 Å². The van der Waals surface area contributed by atoms with Gasteiger partial charge in [0.15, 0.2) is 0 Å². The predicted molar refractivity (Wildman–Crippen MR) is 231 cm³/mol. The third-order valence-electron chi connectivity index (χ3n) is 11.3. The number of rotatable bonds is 3. The van der Waals surface area contributed by atoms with Crippen molar-refractivity contribution in [3.05, 3.63) is 132 Å². The third-order valence-corrected chi connectivity index (χ3v) is 11.3. The molecule has 4 nitrogen and oxygen atoms in total. The topological polar surface area (TPSA) is 35.6 Å². The number of fused-ring (bicyclic) bond motifs is 6. The first-order chi connectivity index (χ1) is 25.3. The summed E-state index contributed by atoms with van der Waals surface area (Å²) in [4.78, 5) is 10.2.